The normalized spacial score (nSPS) is 20.3. The molecule has 0 radical (unpaired) electrons. The standard InChI is InChI=1S/C13H17N3O3S/c17-12-14-11-9(4-8-20-11)1-7-16(12)10-2-5-15(6-3-10)13(18)19/h4,8,10H,1-3,5-7H2,(H,14,17)(H,18,19). The van der Waals surface area contributed by atoms with Crippen LogP contribution in [-0.2, 0) is 6.42 Å². The van der Waals surface area contributed by atoms with Gasteiger partial charge in [0.25, 0.3) is 0 Å². The third kappa shape index (κ3) is 2.45. The molecule has 108 valence electrons. The zero-order valence-electron chi connectivity index (χ0n) is 11.0. The molecule has 2 aliphatic rings. The maximum absolute atomic E-state index is 12.3. The fourth-order valence-electron chi connectivity index (χ4n) is 2.87. The van der Waals surface area contributed by atoms with Crippen LogP contribution in [0.3, 0.4) is 0 Å². The molecule has 1 fully saturated rings. The van der Waals surface area contributed by atoms with E-state index in [0.717, 1.165) is 11.4 Å². The van der Waals surface area contributed by atoms with Crippen LogP contribution in [0.25, 0.3) is 0 Å². The highest BCUT2D eigenvalue weighted by Gasteiger charge is 2.31. The van der Waals surface area contributed by atoms with Crippen LogP contribution in [0.1, 0.15) is 18.4 Å². The fraction of sp³-hybridized carbons (Fsp3) is 0.538. The van der Waals surface area contributed by atoms with Gasteiger partial charge in [0.05, 0.1) is 5.00 Å². The number of thiophene rings is 1. The summed E-state index contributed by atoms with van der Waals surface area (Å²) in [5.41, 5.74) is 1.19. The number of urea groups is 1. The van der Waals surface area contributed by atoms with Crippen LogP contribution in [0.2, 0.25) is 0 Å². The lowest BCUT2D eigenvalue weighted by molar-refractivity contribution is 0.108. The third-order valence-electron chi connectivity index (χ3n) is 4.03. The van der Waals surface area contributed by atoms with Crippen molar-refractivity contribution in [3.8, 4) is 0 Å². The molecule has 2 aliphatic heterocycles. The Morgan fingerprint density at radius 3 is 2.80 bits per heavy atom. The second-order valence-electron chi connectivity index (χ2n) is 5.15. The molecule has 6 nitrogen and oxygen atoms in total. The molecule has 0 bridgehead atoms. The first-order valence-electron chi connectivity index (χ1n) is 6.77. The number of rotatable bonds is 1. The quantitative estimate of drug-likeness (QED) is 0.835. The first-order valence-corrected chi connectivity index (χ1v) is 7.65. The number of carbonyl (C=O) groups excluding carboxylic acids is 1. The van der Waals surface area contributed by atoms with Gasteiger partial charge in [-0.1, -0.05) is 0 Å². The number of nitrogens with one attached hydrogen (secondary N) is 1. The van der Waals surface area contributed by atoms with Gasteiger partial charge in [0, 0.05) is 25.7 Å². The molecule has 7 heteroatoms. The van der Waals surface area contributed by atoms with Crippen molar-refractivity contribution < 1.29 is 14.7 Å². The molecule has 0 spiro atoms. The average Bonchev–Trinajstić information content (AvgIpc) is 2.80. The van der Waals surface area contributed by atoms with E-state index >= 15 is 0 Å². The Morgan fingerprint density at radius 2 is 2.10 bits per heavy atom. The average molecular weight is 295 g/mol. The predicted octanol–water partition coefficient (Wildman–Crippen LogP) is 2.28. The number of piperidine rings is 1. The van der Waals surface area contributed by atoms with Crippen molar-refractivity contribution in [1.82, 2.24) is 9.80 Å². The van der Waals surface area contributed by atoms with Crippen LogP contribution >= 0.6 is 11.3 Å². The number of fused-ring (bicyclic) bond motifs is 1. The SMILES string of the molecule is O=C(O)N1CCC(N2CCc3ccsc3NC2=O)CC1. The van der Waals surface area contributed by atoms with Crippen molar-refractivity contribution in [2.75, 3.05) is 25.0 Å². The van der Waals surface area contributed by atoms with Crippen molar-refractivity contribution in [2.45, 2.75) is 25.3 Å². The van der Waals surface area contributed by atoms with E-state index in [1.807, 2.05) is 10.3 Å². The topological polar surface area (TPSA) is 72.9 Å². The van der Waals surface area contributed by atoms with E-state index in [2.05, 4.69) is 11.4 Å². The molecule has 3 amide bonds. The number of amides is 3. The van der Waals surface area contributed by atoms with Gasteiger partial charge in [-0.15, -0.1) is 11.3 Å². The minimum atomic E-state index is -0.869. The molecule has 1 aromatic heterocycles. The van der Waals surface area contributed by atoms with Crippen molar-refractivity contribution in [3.63, 3.8) is 0 Å². The molecule has 0 unspecified atom stereocenters. The number of carbonyl (C=O) groups is 2. The van der Waals surface area contributed by atoms with Gasteiger partial charge in [-0.05, 0) is 36.3 Å². The van der Waals surface area contributed by atoms with E-state index in [9.17, 15) is 9.59 Å². The summed E-state index contributed by atoms with van der Waals surface area (Å²) in [5.74, 6) is 0. The van der Waals surface area contributed by atoms with Gasteiger partial charge < -0.3 is 14.9 Å². The van der Waals surface area contributed by atoms with E-state index in [1.165, 1.54) is 10.5 Å². The molecular formula is C13H17N3O3S. The first-order chi connectivity index (χ1) is 9.65. The van der Waals surface area contributed by atoms with E-state index in [0.29, 0.717) is 32.5 Å². The van der Waals surface area contributed by atoms with E-state index in [4.69, 9.17) is 5.11 Å². The monoisotopic (exact) mass is 295 g/mol. The lowest BCUT2D eigenvalue weighted by Crippen LogP contribution is -2.49. The smallest absolute Gasteiger partial charge is 0.407 e. The summed E-state index contributed by atoms with van der Waals surface area (Å²) in [6.45, 7) is 1.71. The molecule has 0 aromatic carbocycles. The van der Waals surface area contributed by atoms with Crippen molar-refractivity contribution in [1.29, 1.82) is 0 Å². The maximum Gasteiger partial charge on any atom is 0.407 e. The lowest BCUT2D eigenvalue weighted by atomic mass is 10.0. The maximum atomic E-state index is 12.3. The summed E-state index contributed by atoms with van der Waals surface area (Å²) in [7, 11) is 0. The molecule has 0 saturated carbocycles. The first kappa shape index (κ1) is 13.2. The largest absolute Gasteiger partial charge is 0.465 e. The summed E-state index contributed by atoms with van der Waals surface area (Å²) in [5, 5.41) is 14.9. The molecule has 2 N–H and O–H groups in total. The molecule has 20 heavy (non-hydrogen) atoms. The molecular weight excluding hydrogens is 278 g/mol. The predicted molar refractivity (Wildman–Crippen MR) is 76.4 cm³/mol. The molecule has 3 heterocycles. The second kappa shape index (κ2) is 5.32. The number of anilines is 1. The Labute approximate surface area is 121 Å². The minimum Gasteiger partial charge on any atom is -0.465 e. The number of hydrogen-bond donors (Lipinski definition) is 2. The highest BCUT2D eigenvalue weighted by atomic mass is 32.1. The van der Waals surface area contributed by atoms with Crippen molar-refractivity contribution in [2.24, 2.45) is 0 Å². The van der Waals surface area contributed by atoms with Gasteiger partial charge in [-0.25, -0.2) is 9.59 Å². The van der Waals surface area contributed by atoms with Gasteiger partial charge in [-0.2, -0.15) is 0 Å². The zero-order chi connectivity index (χ0) is 14.1. The molecule has 3 rings (SSSR count). The van der Waals surface area contributed by atoms with Gasteiger partial charge in [0.1, 0.15) is 0 Å². The number of hydrogen-bond acceptors (Lipinski definition) is 3. The van der Waals surface area contributed by atoms with Crippen LogP contribution < -0.4 is 5.32 Å². The Bertz CT molecular complexity index is 523. The minimum absolute atomic E-state index is 0.0556. The molecule has 0 aliphatic carbocycles. The summed E-state index contributed by atoms with van der Waals surface area (Å²) in [6.07, 6.45) is 1.42. The lowest BCUT2D eigenvalue weighted by Gasteiger charge is -2.36. The Kier molecular flexibility index (Phi) is 3.52. The van der Waals surface area contributed by atoms with E-state index < -0.39 is 6.09 Å². The van der Waals surface area contributed by atoms with Gasteiger partial charge >= 0.3 is 12.1 Å². The Hall–Kier alpha value is -1.76. The van der Waals surface area contributed by atoms with Crippen LogP contribution in [0, 0.1) is 0 Å². The summed E-state index contributed by atoms with van der Waals surface area (Å²) in [4.78, 5) is 26.5. The molecule has 1 saturated heterocycles. The van der Waals surface area contributed by atoms with Crippen LogP contribution in [-0.4, -0.2) is 52.7 Å². The summed E-state index contributed by atoms with van der Waals surface area (Å²) >= 11 is 1.55. The van der Waals surface area contributed by atoms with E-state index in [-0.39, 0.29) is 12.1 Å². The number of carboxylic acid groups (broad SMARTS) is 1. The van der Waals surface area contributed by atoms with Gasteiger partial charge in [-0.3, -0.25) is 5.32 Å². The molecule has 1 aromatic rings. The summed E-state index contributed by atoms with van der Waals surface area (Å²) < 4.78 is 0. The van der Waals surface area contributed by atoms with Crippen molar-refractivity contribution >= 4 is 28.5 Å². The fourth-order valence-corrected chi connectivity index (χ4v) is 3.71. The van der Waals surface area contributed by atoms with Gasteiger partial charge in [0.2, 0.25) is 0 Å². The van der Waals surface area contributed by atoms with Crippen molar-refractivity contribution in [3.05, 3.63) is 17.0 Å². The van der Waals surface area contributed by atoms with Gasteiger partial charge in [0.15, 0.2) is 0 Å². The van der Waals surface area contributed by atoms with Crippen LogP contribution in [0.4, 0.5) is 14.6 Å². The second-order valence-corrected chi connectivity index (χ2v) is 6.07. The number of nitrogens with zero attached hydrogens (tertiary/aromatic N) is 2. The number of likely N-dealkylation sites (tertiary alicyclic amines) is 1. The molecule has 0 atom stereocenters. The zero-order valence-corrected chi connectivity index (χ0v) is 11.9. The Balaban J connectivity index is 1.65. The van der Waals surface area contributed by atoms with Crippen LogP contribution in [0.5, 0.6) is 0 Å². The third-order valence-corrected chi connectivity index (χ3v) is 4.90. The van der Waals surface area contributed by atoms with Crippen LogP contribution in [0.15, 0.2) is 11.4 Å². The highest BCUT2D eigenvalue weighted by molar-refractivity contribution is 7.14. The highest BCUT2D eigenvalue weighted by Crippen LogP contribution is 2.28. The summed E-state index contributed by atoms with van der Waals surface area (Å²) in [6, 6.07) is 2.14. The Morgan fingerprint density at radius 1 is 1.35 bits per heavy atom. The van der Waals surface area contributed by atoms with E-state index in [1.54, 1.807) is 11.3 Å².